The van der Waals surface area contributed by atoms with E-state index in [9.17, 15) is 5.11 Å². The number of nitrogens with zero attached hydrogens (tertiary/aromatic N) is 2. The van der Waals surface area contributed by atoms with Crippen LogP contribution in [0.3, 0.4) is 0 Å². The van der Waals surface area contributed by atoms with Gasteiger partial charge in [-0.3, -0.25) is 10.00 Å². The van der Waals surface area contributed by atoms with E-state index in [1.54, 1.807) is 11.3 Å². The van der Waals surface area contributed by atoms with Crippen molar-refractivity contribution in [1.29, 1.82) is 0 Å². The topological polar surface area (TPSA) is 52.1 Å². The van der Waals surface area contributed by atoms with Crippen molar-refractivity contribution in [3.8, 4) is 0 Å². The van der Waals surface area contributed by atoms with E-state index in [0.29, 0.717) is 6.54 Å². The predicted molar refractivity (Wildman–Crippen MR) is 89.3 cm³/mol. The molecule has 0 aliphatic rings. The molecule has 6 heteroatoms. The molecule has 0 radical (unpaired) electrons. The Hall–Kier alpha value is -1.21. The second kappa shape index (κ2) is 6.70. The smallest absolute Gasteiger partial charge is 0.0653 e. The molecule has 0 spiro atoms. The van der Waals surface area contributed by atoms with Gasteiger partial charge in [0, 0.05) is 39.8 Å². The van der Waals surface area contributed by atoms with Crippen LogP contribution < -0.4 is 0 Å². The molecular weight excluding hydrogens is 350 g/mol. The number of aromatic nitrogens is 2. The van der Waals surface area contributed by atoms with Crippen molar-refractivity contribution >= 4 is 38.2 Å². The minimum absolute atomic E-state index is 0.166. The largest absolute Gasteiger partial charge is 0.395 e. The van der Waals surface area contributed by atoms with Crippen molar-refractivity contribution in [3.05, 3.63) is 50.8 Å². The zero-order chi connectivity index (χ0) is 14.7. The number of aromatic amines is 1. The maximum Gasteiger partial charge on any atom is 0.0653 e. The Morgan fingerprint density at radius 3 is 2.95 bits per heavy atom. The van der Waals surface area contributed by atoms with Gasteiger partial charge in [0.2, 0.25) is 0 Å². The minimum Gasteiger partial charge on any atom is -0.395 e. The Labute approximate surface area is 135 Å². The summed E-state index contributed by atoms with van der Waals surface area (Å²) in [5.41, 5.74) is 2.27. The van der Waals surface area contributed by atoms with Gasteiger partial charge in [0.15, 0.2) is 0 Å². The Morgan fingerprint density at radius 2 is 2.19 bits per heavy atom. The molecule has 2 heterocycles. The lowest BCUT2D eigenvalue weighted by atomic mass is 10.1. The van der Waals surface area contributed by atoms with E-state index in [1.165, 1.54) is 10.4 Å². The van der Waals surface area contributed by atoms with Gasteiger partial charge in [-0.1, -0.05) is 12.1 Å². The molecule has 0 fully saturated rings. The minimum atomic E-state index is 0.166. The summed E-state index contributed by atoms with van der Waals surface area (Å²) >= 11 is 5.21. The van der Waals surface area contributed by atoms with Crippen LogP contribution in [0.25, 0.3) is 10.9 Å². The fourth-order valence-electron chi connectivity index (χ4n) is 2.35. The summed E-state index contributed by atoms with van der Waals surface area (Å²) < 4.78 is 1.12. The maximum absolute atomic E-state index is 9.27. The number of hydrogen-bond acceptors (Lipinski definition) is 4. The number of thiophene rings is 1. The molecule has 0 aliphatic carbocycles. The number of hydrogen-bond donors (Lipinski definition) is 2. The zero-order valence-corrected chi connectivity index (χ0v) is 13.8. The highest BCUT2D eigenvalue weighted by atomic mass is 79.9. The molecule has 2 N–H and O–H groups in total. The van der Waals surface area contributed by atoms with E-state index in [-0.39, 0.29) is 6.61 Å². The lowest BCUT2D eigenvalue weighted by Gasteiger charge is -2.20. The van der Waals surface area contributed by atoms with Crippen LogP contribution in [0.15, 0.2) is 40.3 Å². The number of H-pyrrole nitrogens is 1. The first-order valence-corrected chi connectivity index (χ1v) is 8.40. The summed E-state index contributed by atoms with van der Waals surface area (Å²) in [6, 6.07) is 8.45. The highest BCUT2D eigenvalue weighted by Gasteiger charge is 2.09. The van der Waals surface area contributed by atoms with Crippen LogP contribution in [0.5, 0.6) is 0 Å². The Bertz CT molecular complexity index is 724. The number of fused-ring (bicyclic) bond motifs is 1. The third kappa shape index (κ3) is 3.71. The van der Waals surface area contributed by atoms with Crippen LogP contribution >= 0.6 is 27.3 Å². The maximum atomic E-state index is 9.27. The van der Waals surface area contributed by atoms with Gasteiger partial charge in [-0.25, -0.2) is 0 Å². The molecule has 0 bridgehead atoms. The summed E-state index contributed by atoms with van der Waals surface area (Å²) in [6.45, 7) is 2.48. The van der Waals surface area contributed by atoms with Crippen LogP contribution in [-0.4, -0.2) is 33.4 Å². The molecule has 3 aromatic rings. The van der Waals surface area contributed by atoms with Gasteiger partial charge in [0.1, 0.15) is 0 Å². The van der Waals surface area contributed by atoms with Crippen molar-refractivity contribution in [3.63, 3.8) is 0 Å². The molecule has 21 heavy (non-hydrogen) atoms. The second-order valence-corrected chi connectivity index (χ2v) is 6.87. The molecule has 2 aromatic heterocycles. The molecule has 3 rings (SSSR count). The Morgan fingerprint density at radius 1 is 1.29 bits per heavy atom. The van der Waals surface area contributed by atoms with E-state index in [1.807, 2.05) is 6.20 Å². The van der Waals surface area contributed by atoms with E-state index in [2.05, 4.69) is 60.7 Å². The summed E-state index contributed by atoms with van der Waals surface area (Å²) in [7, 11) is 0. The van der Waals surface area contributed by atoms with E-state index in [0.717, 1.165) is 28.5 Å². The normalized spacial score (nSPS) is 11.6. The first-order valence-electron chi connectivity index (χ1n) is 6.73. The zero-order valence-electron chi connectivity index (χ0n) is 11.4. The van der Waals surface area contributed by atoms with E-state index in [4.69, 9.17) is 0 Å². The number of rotatable bonds is 6. The molecule has 110 valence electrons. The highest BCUT2D eigenvalue weighted by Crippen LogP contribution is 2.22. The van der Waals surface area contributed by atoms with Crippen molar-refractivity contribution in [2.75, 3.05) is 13.2 Å². The second-order valence-electron chi connectivity index (χ2n) is 4.96. The average molecular weight is 366 g/mol. The van der Waals surface area contributed by atoms with Crippen LogP contribution in [0.2, 0.25) is 0 Å². The third-order valence-corrected chi connectivity index (χ3v) is 5.01. The van der Waals surface area contributed by atoms with Crippen LogP contribution in [0, 0.1) is 0 Å². The van der Waals surface area contributed by atoms with Gasteiger partial charge in [-0.15, -0.1) is 11.3 Å². The van der Waals surface area contributed by atoms with Gasteiger partial charge >= 0.3 is 0 Å². The van der Waals surface area contributed by atoms with Gasteiger partial charge in [-0.05, 0) is 33.6 Å². The van der Waals surface area contributed by atoms with Crippen molar-refractivity contribution in [2.24, 2.45) is 0 Å². The molecule has 0 saturated carbocycles. The molecule has 0 atom stereocenters. The van der Waals surface area contributed by atoms with Crippen LogP contribution in [0.1, 0.15) is 10.4 Å². The number of halogens is 1. The van der Waals surface area contributed by atoms with Crippen molar-refractivity contribution in [1.82, 2.24) is 15.1 Å². The molecule has 0 unspecified atom stereocenters. The summed E-state index contributed by atoms with van der Waals surface area (Å²) in [5.74, 6) is 0. The molecule has 1 aromatic carbocycles. The van der Waals surface area contributed by atoms with Crippen molar-refractivity contribution < 1.29 is 5.11 Å². The Balaban J connectivity index is 1.74. The number of aliphatic hydroxyl groups excluding tert-OH is 1. The van der Waals surface area contributed by atoms with Crippen LogP contribution in [0.4, 0.5) is 0 Å². The average Bonchev–Trinajstić information content (AvgIpc) is 3.07. The summed E-state index contributed by atoms with van der Waals surface area (Å²) in [5, 5.41) is 19.5. The highest BCUT2D eigenvalue weighted by molar-refractivity contribution is 9.10. The first-order chi connectivity index (χ1) is 10.2. The summed E-state index contributed by atoms with van der Waals surface area (Å²) in [4.78, 5) is 3.54. The monoisotopic (exact) mass is 365 g/mol. The SMILES string of the molecule is OCCN(Cc1ccc2cn[nH]c2c1)Cc1cc(Br)cs1. The lowest BCUT2D eigenvalue weighted by Crippen LogP contribution is -2.25. The molecule has 0 saturated heterocycles. The van der Waals surface area contributed by atoms with E-state index >= 15 is 0 Å². The van der Waals surface area contributed by atoms with Gasteiger partial charge in [0.25, 0.3) is 0 Å². The van der Waals surface area contributed by atoms with Gasteiger partial charge in [0.05, 0.1) is 18.3 Å². The molecule has 4 nitrogen and oxygen atoms in total. The Kier molecular flexibility index (Phi) is 4.70. The predicted octanol–water partition coefficient (Wildman–Crippen LogP) is 3.38. The molecule has 0 aliphatic heterocycles. The van der Waals surface area contributed by atoms with E-state index < -0.39 is 0 Å². The van der Waals surface area contributed by atoms with Gasteiger partial charge < -0.3 is 5.11 Å². The molecule has 0 amide bonds. The fraction of sp³-hybridized carbons (Fsp3) is 0.267. The number of benzene rings is 1. The van der Waals surface area contributed by atoms with Gasteiger partial charge in [-0.2, -0.15) is 5.10 Å². The van der Waals surface area contributed by atoms with Crippen LogP contribution in [-0.2, 0) is 13.1 Å². The summed E-state index contributed by atoms with van der Waals surface area (Å²) in [6.07, 6.45) is 1.83. The third-order valence-electron chi connectivity index (χ3n) is 3.33. The lowest BCUT2D eigenvalue weighted by molar-refractivity contribution is 0.185. The molecular formula is C15H16BrN3OS. The standard InChI is InChI=1S/C15H16BrN3OS/c16-13-6-14(21-10-13)9-19(3-4-20)8-11-1-2-12-7-17-18-15(12)5-11/h1-2,5-7,10,20H,3-4,8-9H2,(H,17,18). The first kappa shape index (κ1) is 14.7. The quantitative estimate of drug-likeness (QED) is 0.703. The fourth-order valence-corrected chi connectivity index (χ4v) is 3.85. The number of nitrogens with one attached hydrogen (secondary N) is 1. The van der Waals surface area contributed by atoms with Crippen molar-refractivity contribution in [2.45, 2.75) is 13.1 Å². The number of aliphatic hydroxyl groups is 1.